The fourth-order valence-corrected chi connectivity index (χ4v) is 6.86. The van der Waals surface area contributed by atoms with Crippen molar-refractivity contribution >= 4 is 29.4 Å². The van der Waals surface area contributed by atoms with Crippen LogP contribution >= 0.6 is 0 Å². The van der Waals surface area contributed by atoms with Gasteiger partial charge in [-0.2, -0.15) is 0 Å². The fourth-order valence-electron chi connectivity index (χ4n) is 6.86. The topological polar surface area (TPSA) is 153 Å². The number of hydrogen-bond acceptors (Lipinski definition) is 8. The molecule has 0 radical (unpaired) electrons. The van der Waals surface area contributed by atoms with Crippen molar-refractivity contribution in [3.8, 4) is 0 Å². The van der Waals surface area contributed by atoms with E-state index in [1.807, 2.05) is 14.0 Å². The highest BCUT2D eigenvalue weighted by molar-refractivity contribution is 6.01. The third-order valence-corrected chi connectivity index (χ3v) is 10.7. The number of amides is 5. The zero-order valence-electron chi connectivity index (χ0n) is 29.5. The molecule has 2 saturated carbocycles. The van der Waals surface area contributed by atoms with Crippen LogP contribution in [0.5, 0.6) is 0 Å². The Morgan fingerprint density at radius 3 is 2.39 bits per heavy atom. The summed E-state index contributed by atoms with van der Waals surface area (Å²) in [6, 6.07) is 2.56. The molecule has 0 bridgehead atoms. The number of carbonyl (C=O) groups excluding carboxylic acids is 4. The molecule has 2 aliphatic carbocycles. The number of carbonyl (C=O) groups is 4. The van der Waals surface area contributed by atoms with Gasteiger partial charge in [0.05, 0.1) is 5.69 Å². The quantitative estimate of drug-likeness (QED) is 0.324. The lowest BCUT2D eigenvalue weighted by molar-refractivity contribution is -0.136. The molecule has 1 aromatic heterocycles. The lowest BCUT2D eigenvalue weighted by atomic mass is 9.79. The van der Waals surface area contributed by atoms with E-state index in [4.69, 9.17) is 4.63 Å². The molecule has 5 amide bonds. The Morgan fingerprint density at radius 2 is 1.76 bits per heavy atom. The van der Waals surface area contributed by atoms with Gasteiger partial charge in [0.2, 0.25) is 11.8 Å². The summed E-state index contributed by atoms with van der Waals surface area (Å²) < 4.78 is 20.6. The van der Waals surface area contributed by atoms with E-state index in [0.717, 1.165) is 38.5 Å². The molecular weight excluding hydrogens is 631 g/mol. The van der Waals surface area contributed by atoms with Gasteiger partial charge in [-0.25, -0.2) is 13.8 Å². The van der Waals surface area contributed by atoms with Crippen LogP contribution in [0.1, 0.15) is 93.9 Å². The number of rotatable bonds is 11. The third-order valence-electron chi connectivity index (χ3n) is 10.7. The molecule has 49 heavy (non-hydrogen) atoms. The lowest BCUT2D eigenvalue weighted by Crippen LogP contribution is -2.59. The van der Waals surface area contributed by atoms with Gasteiger partial charge in [-0.05, 0) is 80.8 Å². The predicted molar refractivity (Wildman–Crippen MR) is 181 cm³/mol. The second-order valence-electron chi connectivity index (χ2n) is 14.3. The summed E-state index contributed by atoms with van der Waals surface area (Å²) in [6.45, 7) is 9.60. The van der Waals surface area contributed by atoms with Gasteiger partial charge in [0.15, 0.2) is 5.69 Å². The number of nitrogens with one attached hydrogen (secondary N) is 3. The Kier molecular flexibility index (Phi) is 11.6. The molecule has 1 aromatic carbocycles. The summed E-state index contributed by atoms with van der Waals surface area (Å²) in [4.78, 5) is 59.6. The van der Waals surface area contributed by atoms with E-state index >= 15 is 4.39 Å². The van der Waals surface area contributed by atoms with Crippen molar-refractivity contribution < 1.29 is 28.2 Å². The third kappa shape index (κ3) is 8.57. The molecule has 268 valence electrons. The number of nitrogens with zero attached hydrogens (tertiary/aromatic N) is 5. The first-order valence-corrected chi connectivity index (χ1v) is 17.6. The summed E-state index contributed by atoms with van der Waals surface area (Å²) in [5.74, 6) is -2.20. The number of anilines is 1. The van der Waals surface area contributed by atoms with Gasteiger partial charge in [0.1, 0.15) is 23.6 Å². The monoisotopic (exact) mass is 682 g/mol. The normalized spacial score (nSPS) is 23.2. The number of hydrogen-bond donors (Lipinski definition) is 3. The molecule has 0 spiro atoms. The van der Waals surface area contributed by atoms with Gasteiger partial charge < -0.3 is 30.7 Å². The zero-order valence-corrected chi connectivity index (χ0v) is 29.5. The predicted octanol–water partition coefficient (Wildman–Crippen LogP) is 3.77. The highest BCUT2D eigenvalue weighted by atomic mass is 19.1. The van der Waals surface area contributed by atoms with Crippen LogP contribution in [0.25, 0.3) is 0 Å². The van der Waals surface area contributed by atoms with Crippen molar-refractivity contribution in [3.05, 3.63) is 41.0 Å². The molecule has 2 heterocycles. The van der Waals surface area contributed by atoms with E-state index in [9.17, 15) is 19.2 Å². The molecule has 2 aromatic rings. The summed E-state index contributed by atoms with van der Waals surface area (Å²) in [5, 5.41) is 16.0. The Balaban J connectivity index is 1.33. The highest BCUT2D eigenvalue weighted by Crippen LogP contribution is 2.32. The SMILES string of the molecule is CCc1nonc1C(=O)N[C@H](C(=O)Nc1ccc([C@H](C)[C@@H](NC(=O)N(C)C2CC2)C(=O)N2CCN(C)[C@@H](C)C2)cc1F)C1CCC(C)CC1. The summed E-state index contributed by atoms with van der Waals surface area (Å²) in [6.07, 6.45) is 5.58. The van der Waals surface area contributed by atoms with E-state index in [2.05, 4.69) is 45.0 Å². The minimum Gasteiger partial charge on any atom is -0.338 e. The van der Waals surface area contributed by atoms with Gasteiger partial charge in [-0.1, -0.05) is 44.8 Å². The van der Waals surface area contributed by atoms with Crippen LogP contribution in [0.15, 0.2) is 22.8 Å². The van der Waals surface area contributed by atoms with Crippen LogP contribution in [0.2, 0.25) is 0 Å². The molecule has 1 aliphatic heterocycles. The van der Waals surface area contributed by atoms with Crippen LogP contribution < -0.4 is 16.0 Å². The molecule has 1 saturated heterocycles. The molecule has 3 N–H and O–H groups in total. The minimum absolute atomic E-state index is 0.0274. The van der Waals surface area contributed by atoms with Crippen LogP contribution in [-0.4, -0.2) is 107 Å². The fraction of sp³-hybridized carbons (Fsp3) is 0.657. The molecule has 0 unspecified atom stereocenters. The van der Waals surface area contributed by atoms with Crippen molar-refractivity contribution in [3.63, 3.8) is 0 Å². The van der Waals surface area contributed by atoms with Crippen molar-refractivity contribution in [2.75, 3.05) is 39.0 Å². The van der Waals surface area contributed by atoms with Crippen molar-refractivity contribution in [1.29, 1.82) is 0 Å². The Morgan fingerprint density at radius 1 is 1.04 bits per heavy atom. The van der Waals surface area contributed by atoms with E-state index in [-0.39, 0.29) is 41.3 Å². The highest BCUT2D eigenvalue weighted by Gasteiger charge is 2.38. The van der Waals surface area contributed by atoms with Crippen LogP contribution in [-0.2, 0) is 16.0 Å². The maximum absolute atomic E-state index is 15.8. The van der Waals surface area contributed by atoms with Gasteiger partial charge >= 0.3 is 6.03 Å². The van der Waals surface area contributed by atoms with E-state index in [0.29, 0.717) is 43.2 Å². The molecular formula is C35H51FN8O5. The Bertz CT molecular complexity index is 1510. The summed E-state index contributed by atoms with van der Waals surface area (Å²) in [5.41, 5.74) is 0.871. The standard InChI is InChI=1S/C35H51FN8O5/c1-7-27-31(41-49-40-27)33(46)38-30(23-10-8-20(2)9-11-23)32(45)37-28-15-12-24(18-26(28)36)22(4)29(39-35(48)43(6)25-13-14-25)34(47)44-17-16-42(5)21(3)19-44/h12,15,18,20-23,25,29-30H,7-11,13-14,16-17,19H2,1-6H3,(H,37,45)(H,38,46)(H,39,48)/t20?,21-,22-,23?,29+,30-/m0/s1. The number of piperazine rings is 1. The second kappa shape index (κ2) is 15.6. The second-order valence-corrected chi connectivity index (χ2v) is 14.3. The molecule has 13 nitrogen and oxygen atoms in total. The number of urea groups is 1. The first kappa shape index (κ1) is 36.2. The Hall–Kier alpha value is -4.07. The summed E-state index contributed by atoms with van der Waals surface area (Å²) >= 11 is 0. The largest absolute Gasteiger partial charge is 0.338 e. The maximum Gasteiger partial charge on any atom is 0.318 e. The van der Waals surface area contributed by atoms with Gasteiger partial charge in [0.25, 0.3) is 5.91 Å². The zero-order chi connectivity index (χ0) is 35.4. The molecule has 3 fully saturated rings. The Labute approximate surface area is 287 Å². The van der Waals surface area contributed by atoms with E-state index in [1.54, 1.807) is 29.8 Å². The smallest absolute Gasteiger partial charge is 0.318 e. The summed E-state index contributed by atoms with van der Waals surface area (Å²) in [7, 11) is 3.74. The number of halogens is 1. The first-order valence-electron chi connectivity index (χ1n) is 17.6. The average Bonchev–Trinajstić information content (AvgIpc) is 3.83. The lowest BCUT2D eigenvalue weighted by Gasteiger charge is -2.40. The van der Waals surface area contributed by atoms with Crippen molar-refractivity contribution in [2.45, 2.75) is 103 Å². The maximum atomic E-state index is 15.8. The van der Waals surface area contributed by atoms with Gasteiger partial charge in [-0.15, -0.1) is 0 Å². The molecule has 14 heteroatoms. The van der Waals surface area contributed by atoms with Crippen LogP contribution in [0.3, 0.4) is 0 Å². The number of aryl methyl sites for hydroxylation is 1. The van der Waals surface area contributed by atoms with E-state index in [1.165, 1.54) is 12.1 Å². The van der Waals surface area contributed by atoms with Crippen molar-refractivity contribution in [2.24, 2.45) is 11.8 Å². The number of aromatic nitrogens is 2. The van der Waals surface area contributed by atoms with Crippen molar-refractivity contribution in [1.82, 2.24) is 35.6 Å². The molecule has 5 rings (SSSR count). The molecule has 3 aliphatic rings. The van der Waals surface area contributed by atoms with Gasteiger partial charge in [-0.3, -0.25) is 14.4 Å². The minimum atomic E-state index is -0.925. The first-order chi connectivity index (χ1) is 23.4. The van der Waals surface area contributed by atoms with Gasteiger partial charge in [0, 0.05) is 44.7 Å². The number of likely N-dealkylation sites (N-methyl/N-ethyl adjacent to an activating group) is 1. The van der Waals surface area contributed by atoms with E-state index < -0.39 is 35.6 Å². The van der Waals surface area contributed by atoms with Crippen LogP contribution in [0, 0.1) is 17.7 Å². The van der Waals surface area contributed by atoms with Crippen LogP contribution in [0.4, 0.5) is 14.9 Å². The number of benzene rings is 1. The molecule has 4 atom stereocenters. The average molecular weight is 683 g/mol.